The molecule has 4 nitrogen and oxygen atoms in total. The standard InChI is InChI=1S/C5H7F3O.C2H2F4O3S/c1-3-5(7,8)9-4(2)6;3-2(4,1-9-5)10(6,7)8/h2-3H2,1H3;1H2. The van der Waals surface area contributed by atoms with Gasteiger partial charge in [-0.15, -0.1) is 0 Å². The van der Waals surface area contributed by atoms with Gasteiger partial charge in [0, 0.05) is 6.42 Å². The van der Waals surface area contributed by atoms with Crippen LogP contribution in [0.3, 0.4) is 0 Å². The van der Waals surface area contributed by atoms with Crippen LogP contribution in [0.5, 0.6) is 0 Å². The van der Waals surface area contributed by atoms with E-state index >= 15 is 0 Å². The van der Waals surface area contributed by atoms with Gasteiger partial charge in [0.15, 0.2) is 6.61 Å². The first-order chi connectivity index (χ1) is 8.29. The molecule has 0 unspecified atom stereocenters. The lowest BCUT2D eigenvalue weighted by molar-refractivity contribution is -0.226. The Balaban J connectivity index is 0. The summed E-state index contributed by atoms with van der Waals surface area (Å²) < 4.78 is 103. The van der Waals surface area contributed by atoms with E-state index in [1.807, 2.05) is 0 Å². The van der Waals surface area contributed by atoms with Crippen LogP contribution in [0.4, 0.5) is 30.4 Å². The summed E-state index contributed by atoms with van der Waals surface area (Å²) in [6.45, 7) is 1.57. The molecule has 0 heterocycles. The van der Waals surface area contributed by atoms with Crippen molar-refractivity contribution < 1.29 is 48.5 Å². The SMILES string of the molecule is C=C(F)OC(F)(F)CC.O=S(=O)(F)C(F)(F)COF. The number of ether oxygens (including phenoxy) is 1. The third-order valence-electron chi connectivity index (χ3n) is 1.25. The molecule has 0 radical (unpaired) electrons. The Morgan fingerprint density at radius 3 is 1.79 bits per heavy atom. The molecule has 0 aliphatic heterocycles. The fraction of sp³-hybridized carbons (Fsp3) is 0.714. The third kappa shape index (κ3) is 9.53. The second kappa shape index (κ2) is 7.53. The van der Waals surface area contributed by atoms with E-state index in [2.05, 4.69) is 16.3 Å². The molecule has 0 aromatic heterocycles. The van der Waals surface area contributed by atoms with Gasteiger partial charge in [-0.25, -0.2) is 0 Å². The number of hydrogen-bond acceptors (Lipinski definition) is 4. The Hall–Kier alpha value is -1.04. The molecule has 0 fully saturated rings. The van der Waals surface area contributed by atoms with Crippen molar-refractivity contribution in [2.45, 2.75) is 24.7 Å². The summed E-state index contributed by atoms with van der Waals surface area (Å²) in [6.07, 6.45) is -3.97. The molecule has 12 heteroatoms. The van der Waals surface area contributed by atoms with Crippen LogP contribution in [0.15, 0.2) is 12.6 Å². The maximum atomic E-state index is 11.9. The predicted octanol–water partition coefficient (Wildman–Crippen LogP) is 3.23. The average molecular weight is 322 g/mol. The summed E-state index contributed by atoms with van der Waals surface area (Å²) in [5.41, 5.74) is 0. The maximum Gasteiger partial charge on any atom is 0.400 e. The van der Waals surface area contributed by atoms with Crippen molar-refractivity contribution in [3.63, 3.8) is 0 Å². The summed E-state index contributed by atoms with van der Waals surface area (Å²) in [5.74, 6) is 0. The van der Waals surface area contributed by atoms with E-state index in [0.29, 0.717) is 0 Å². The molecule has 0 amide bonds. The number of halogens is 7. The van der Waals surface area contributed by atoms with Gasteiger partial charge in [0.1, 0.15) is 0 Å². The highest BCUT2D eigenvalue weighted by molar-refractivity contribution is 7.87. The zero-order chi connectivity index (χ0) is 15.9. The molecule has 0 aromatic carbocycles. The average Bonchev–Trinajstić information content (AvgIpc) is 2.15. The molecule has 0 aromatic rings. The highest BCUT2D eigenvalue weighted by atomic mass is 32.3. The summed E-state index contributed by atoms with van der Waals surface area (Å²) in [4.78, 5) is 2.26. The molecule has 0 rings (SSSR count). The Bertz CT molecular complexity index is 381. The Labute approximate surface area is 103 Å². The lowest BCUT2D eigenvalue weighted by Crippen LogP contribution is -2.29. The summed E-state index contributed by atoms with van der Waals surface area (Å²) >= 11 is 0. The van der Waals surface area contributed by atoms with Gasteiger partial charge in [-0.3, -0.25) is 0 Å². The number of hydrogen-bond donors (Lipinski definition) is 0. The quantitative estimate of drug-likeness (QED) is 0.428. The van der Waals surface area contributed by atoms with Crippen molar-refractivity contribution in [3.8, 4) is 0 Å². The van der Waals surface area contributed by atoms with Gasteiger partial charge >= 0.3 is 21.6 Å². The maximum absolute atomic E-state index is 11.9. The second-order valence-corrected chi connectivity index (χ2v) is 4.25. The minimum atomic E-state index is -6.06. The zero-order valence-corrected chi connectivity index (χ0v) is 10.1. The van der Waals surface area contributed by atoms with Gasteiger partial charge in [0.05, 0.1) is 0 Å². The summed E-state index contributed by atoms with van der Waals surface area (Å²) in [6, 6.07) is -1.46. The second-order valence-electron chi connectivity index (χ2n) is 2.78. The molecule has 0 spiro atoms. The van der Waals surface area contributed by atoms with Crippen LogP contribution in [0.1, 0.15) is 13.3 Å². The van der Waals surface area contributed by atoms with E-state index in [0.717, 1.165) is 0 Å². The first-order valence-electron chi connectivity index (χ1n) is 4.26. The van der Waals surface area contributed by atoms with Crippen LogP contribution in [-0.4, -0.2) is 26.4 Å². The van der Waals surface area contributed by atoms with Crippen molar-refractivity contribution >= 4 is 10.2 Å². The first-order valence-corrected chi connectivity index (χ1v) is 5.64. The van der Waals surface area contributed by atoms with E-state index in [1.54, 1.807) is 0 Å². The van der Waals surface area contributed by atoms with E-state index in [-0.39, 0.29) is 0 Å². The molecule has 116 valence electrons. The molecule has 0 N–H and O–H groups in total. The molecule has 0 bridgehead atoms. The van der Waals surface area contributed by atoms with Gasteiger partial charge in [-0.1, -0.05) is 10.8 Å². The van der Waals surface area contributed by atoms with Gasteiger partial charge < -0.3 is 4.74 Å². The molecular formula is C7H9F7O4S. The van der Waals surface area contributed by atoms with Crippen molar-refractivity contribution in [2.75, 3.05) is 6.61 Å². The topological polar surface area (TPSA) is 52.6 Å². The van der Waals surface area contributed by atoms with Crippen molar-refractivity contribution in [2.24, 2.45) is 0 Å². The molecule has 19 heavy (non-hydrogen) atoms. The van der Waals surface area contributed by atoms with E-state index in [1.165, 1.54) is 6.92 Å². The zero-order valence-electron chi connectivity index (χ0n) is 9.31. The van der Waals surface area contributed by atoms with Crippen molar-refractivity contribution in [1.82, 2.24) is 0 Å². The Kier molecular flexibility index (Phi) is 8.03. The van der Waals surface area contributed by atoms with Gasteiger partial charge in [-0.05, 0) is 11.1 Å². The first kappa shape index (κ1) is 20.3. The molecule has 0 saturated carbocycles. The molecular weight excluding hydrogens is 313 g/mol. The van der Waals surface area contributed by atoms with Crippen LogP contribution in [0.2, 0.25) is 0 Å². The van der Waals surface area contributed by atoms with Crippen LogP contribution in [-0.2, 0) is 19.9 Å². The Morgan fingerprint density at radius 2 is 1.68 bits per heavy atom. The minimum absolute atomic E-state index is 0.560. The van der Waals surface area contributed by atoms with E-state index < -0.39 is 40.6 Å². The minimum Gasteiger partial charge on any atom is -0.407 e. The fourth-order valence-electron chi connectivity index (χ4n) is 0.368. The van der Waals surface area contributed by atoms with E-state index in [4.69, 9.17) is 0 Å². The number of alkyl halides is 4. The predicted molar refractivity (Wildman–Crippen MR) is 48.6 cm³/mol. The monoisotopic (exact) mass is 322 g/mol. The van der Waals surface area contributed by atoms with Crippen LogP contribution >= 0.6 is 0 Å². The normalized spacial score (nSPS) is 12.4. The summed E-state index contributed by atoms with van der Waals surface area (Å²) in [5, 5.41) is -4.80. The molecule has 0 atom stereocenters. The lowest BCUT2D eigenvalue weighted by Gasteiger charge is -2.12. The van der Waals surface area contributed by atoms with Crippen molar-refractivity contribution in [3.05, 3.63) is 12.6 Å². The highest BCUT2D eigenvalue weighted by Crippen LogP contribution is 2.23. The van der Waals surface area contributed by atoms with Crippen LogP contribution < -0.4 is 0 Å². The molecule has 0 aliphatic rings. The Morgan fingerprint density at radius 1 is 1.26 bits per heavy atom. The smallest absolute Gasteiger partial charge is 0.400 e. The molecule has 0 saturated heterocycles. The third-order valence-corrected chi connectivity index (χ3v) is 2.08. The lowest BCUT2D eigenvalue weighted by atomic mass is 10.5. The van der Waals surface area contributed by atoms with Gasteiger partial charge in [0.2, 0.25) is 0 Å². The largest absolute Gasteiger partial charge is 0.407 e. The van der Waals surface area contributed by atoms with Gasteiger partial charge in [0.25, 0.3) is 6.01 Å². The van der Waals surface area contributed by atoms with Crippen LogP contribution in [0.25, 0.3) is 0 Å². The number of rotatable bonds is 6. The molecule has 0 aliphatic carbocycles. The fourth-order valence-corrected chi connectivity index (χ4v) is 0.553. The highest BCUT2D eigenvalue weighted by Gasteiger charge is 2.46. The summed E-state index contributed by atoms with van der Waals surface area (Å²) in [7, 11) is -6.06. The van der Waals surface area contributed by atoms with Crippen LogP contribution in [0, 0.1) is 0 Å². The van der Waals surface area contributed by atoms with Gasteiger partial charge in [-0.2, -0.15) is 35.3 Å². The van der Waals surface area contributed by atoms with Crippen molar-refractivity contribution in [1.29, 1.82) is 0 Å². The van der Waals surface area contributed by atoms with E-state index in [9.17, 15) is 38.8 Å².